The van der Waals surface area contributed by atoms with Gasteiger partial charge in [0.2, 0.25) is 0 Å². The maximum Gasteiger partial charge on any atom is 0.0658 e. The summed E-state index contributed by atoms with van der Waals surface area (Å²) in [7, 11) is 0. The zero-order chi connectivity index (χ0) is 62.1. The minimum Gasteiger partial charge on any atom is -0.396 e. The van der Waals surface area contributed by atoms with Crippen molar-refractivity contribution in [1.82, 2.24) is 9.80 Å². The Morgan fingerprint density at radius 1 is 0.432 bits per heavy atom. The second kappa shape index (κ2) is 29.0. The van der Waals surface area contributed by atoms with E-state index in [1.54, 1.807) is 0 Å². The first kappa shape index (κ1) is 75.1. The summed E-state index contributed by atoms with van der Waals surface area (Å²) in [6.45, 7) is 65.8. The van der Waals surface area contributed by atoms with E-state index < -0.39 is 0 Å². The molecule has 0 spiro atoms. The van der Waals surface area contributed by atoms with Crippen LogP contribution in [-0.2, 0) is 0 Å². The summed E-state index contributed by atoms with van der Waals surface area (Å²) in [5.41, 5.74) is 5.52. The number of rotatable bonds is 8. The van der Waals surface area contributed by atoms with Crippen LogP contribution in [0.5, 0.6) is 0 Å². The molecule has 0 aromatic rings. The molecule has 2 atom stereocenters. The zero-order valence-corrected chi connectivity index (χ0v) is 60.1. The van der Waals surface area contributed by atoms with Crippen molar-refractivity contribution >= 4 is 0 Å². The van der Waals surface area contributed by atoms with Crippen molar-refractivity contribution in [2.75, 3.05) is 45.9 Å². The molecule has 0 aromatic carbocycles. The maximum absolute atomic E-state index is 10.6. The van der Waals surface area contributed by atoms with Gasteiger partial charge in [0.05, 0.1) is 5.60 Å². The van der Waals surface area contributed by atoms with Crippen molar-refractivity contribution in [3.05, 3.63) is 0 Å². The lowest BCUT2D eigenvalue weighted by molar-refractivity contribution is -0.195. The van der Waals surface area contributed by atoms with E-state index >= 15 is 0 Å². The molecular weight excluding hydrogens is 989 g/mol. The topological polar surface area (TPSA) is 67.2 Å². The van der Waals surface area contributed by atoms with Crippen LogP contribution >= 0.6 is 0 Å². The quantitative estimate of drug-likeness (QED) is 0.226. The number of piperidine rings is 1. The van der Waals surface area contributed by atoms with Gasteiger partial charge in [-0.1, -0.05) is 198 Å². The van der Waals surface area contributed by atoms with Crippen LogP contribution in [0.4, 0.5) is 0 Å². The van der Waals surface area contributed by atoms with Crippen LogP contribution < -0.4 is 0 Å². The van der Waals surface area contributed by atoms with E-state index in [0.29, 0.717) is 72.9 Å². The van der Waals surface area contributed by atoms with E-state index in [0.717, 1.165) is 31.1 Å². The average molecular weight is 1140 g/mol. The van der Waals surface area contributed by atoms with E-state index in [2.05, 4.69) is 183 Å². The van der Waals surface area contributed by atoms with E-state index in [9.17, 15) is 15.3 Å². The molecule has 10 fully saturated rings. The van der Waals surface area contributed by atoms with E-state index in [1.165, 1.54) is 193 Å². The molecule has 81 heavy (non-hydrogen) atoms. The molecule has 4 bridgehead atoms. The number of likely N-dealkylation sites (tertiary alicyclic amines) is 2. The average Bonchev–Trinajstić information content (AvgIpc) is 3.98. The van der Waals surface area contributed by atoms with Crippen molar-refractivity contribution in [3.63, 3.8) is 0 Å². The van der Waals surface area contributed by atoms with E-state index in [1.807, 2.05) is 0 Å². The first-order chi connectivity index (χ1) is 36.6. The number of nitrogens with zero attached hydrogens (tertiary/aromatic N) is 2. The molecule has 5 heteroatoms. The van der Waals surface area contributed by atoms with Crippen LogP contribution in [0.1, 0.15) is 353 Å². The highest BCUT2D eigenvalue weighted by molar-refractivity contribution is 5.11. The van der Waals surface area contributed by atoms with Crippen molar-refractivity contribution in [2.45, 2.75) is 364 Å². The van der Waals surface area contributed by atoms with Crippen molar-refractivity contribution in [2.24, 2.45) is 76.8 Å². The standard InChI is InChI=1S/C14H24O.C13H27N.C10H21N.2C10H20O.C10H20.C9H18/c1-12(2,3)13-5-10-4-11(6-13)8-14(15,7-10)9-13;1-12(2,3)11-13(4,5)14-9-7-6-8-10-14;1-10(2,3)6-9-11-7-4-5-8-11;1-9(2,3)7-10(8-11)5-4-6-10;1-9(2,3)10(8-11)6-4-5-7-10;1-9(2,3)8-10(4)6-5-7-10;1-8(2,3)9(4)6-5-7-9/h10-11,15H,4-9H2,1-3H3;6-11H2,1-5H3;4-9H2,1-3H3;2*11H,4-8H2,1-3H3;5-8H2,1-4H3;5-7H2,1-4H3. The molecule has 0 aromatic heterocycles. The molecule has 10 aliphatic rings. The summed E-state index contributed by atoms with van der Waals surface area (Å²) >= 11 is 0. The first-order valence-electron chi connectivity index (χ1n) is 35.0. The van der Waals surface area contributed by atoms with Gasteiger partial charge in [0.25, 0.3) is 0 Å². The Morgan fingerprint density at radius 2 is 0.889 bits per heavy atom. The van der Waals surface area contributed by atoms with Gasteiger partial charge in [-0.05, 0) is 265 Å². The highest BCUT2D eigenvalue weighted by Crippen LogP contribution is 2.67. The fourth-order valence-electron chi connectivity index (χ4n) is 17.6. The molecule has 2 heterocycles. The van der Waals surface area contributed by atoms with Crippen LogP contribution in [0.3, 0.4) is 0 Å². The van der Waals surface area contributed by atoms with Gasteiger partial charge in [0.15, 0.2) is 0 Å². The lowest BCUT2D eigenvalue weighted by Gasteiger charge is -2.64. The smallest absolute Gasteiger partial charge is 0.0658 e. The molecule has 8 aliphatic carbocycles. The normalized spacial score (nSPS) is 28.6. The van der Waals surface area contributed by atoms with Crippen LogP contribution in [0.2, 0.25) is 0 Å². The van der Waals surface area contributed by atoms with E-state index in [-0.39, 0.29) is 16.4 Å². The first-order valence-corrected chi connectivity index (χ1v) is 35.0. The Kier molecular flexibility index (Phi) is 26.8. The van der Waals surface area contributed by atoms with Crippen molar-refractivity contribution in [1.29, 1.82) is 0 Å². The van der Waals surface area contributed by atoms with Gasteiger partial charge in [-0.2, -0.15) is 0 Å². The molecule has 3 N–H and O–H groups in total. The molecule has 0 amide bonds. The SMILES string of the molecule is CC(C)(C)C1(C)CCC1.CC(C)(C)C1(CO)CCCC1.CC(C)(C)C12CC3CC(CC(O)(C3)C1)C2.CC(C)(C)CC(C)(C)N1CCCCC1.CC(C)(C)CC1(C)CCC1.CC(C)(C)CC1(CO)CCC1.CC(C)(C)CCN1CCCC1. The van der Waals surface area contributed by atoms with Gasteiger partial charge in [0.1, 0.15) is 0 Å². The summed E-state index contributed by atoms with van der Waals surface area (Å²) in [5.74, 6) is 1.66. The van der Waals surface area contributed by atoms with Crippen molar-refractivity contribution < 1.29 is 15.3 Å². The summed E-state index contributed by atoms with van der Waals surface area (Å²) in [6, 6.07) is 0. The van der Waals surface area contributed by atoms with Gasteiger partial charge in [-0.3, -0.25) is 4.90 Å². The molecule has 5 nitrogen and oxygen atoms in total. The minimum absolute atomic E-state index is 0.229. The Labute approximate surface area is 509 Å². The highest BCUT2D eigenvalue weighted by atomic mass is 16.3. The fourth-order valence-corrected chi connectivity index (χ4v) is 17.6. The van der Waals surface area contributed by atoms with Crippen LogP contribution in [0.15, 0.2) is 0 Å². The Hall–Kier alpha value is -0.200. The minimum atomic E-state index is -0.280. The number of aliphatic hydroxyl groups is 3. The third kappa shape index (κ3) is 24.4. The molecule has 10 rings (SSSR count). The third-order valence-corrected chi connectivity index (χ3v) is 23.1. The van der Waals surface area contributed by atoms with Gasteiger partial charge in [-0.15, -0.1) is 0 Å². The number of aliphatic hydroxyl groups excluding tert-OH is 2. The van der Waals surface area contributed by atoms with Crippen LogP contribution in [-0.4, -0.2) is 82.2 Å². The summed E-state index contributed by atoms with van der Waals surface area (Å²) in [6.07, 6.45) is 37.3. The largest absolute Gasteiger partial charge is 0.396 e. The maximum atomic E-state index is 10.6. The lowest BCUT2D eigenvalue weighted by atomic mass is 9.42. The molecular formula is C76H150N2O3. The van der Waals surface area contributed by atoms with Crippen molar-refractivity contribution in [3.8, 4) is 0 Å². The van der Waals surface area contributed by atoms with Gasteiger partial charge < -0.3 is 20.2 Å². The number of hydrogen-bond acceptors (Lipinski definition) is 5. The predicted molar refractivity (Wildman–Crippen MR) is 357 cm³/mol. The number of hydrogen-bond donors (Lipinski definition) is 3. The Morgan fingerprint density at radius 3 is 1.15 bits per heavy atom. The monoisotopic (exact) mass is 1140 g/mol. The summed E-state index contributed by atoms with van der Waals surface area (Å²) < 4.78 is 0. The van der Waals surface area contributed by atoms with Gasteiger partial charge >= 0.3 is 0 Å². The predicted octanol–water partition coefficient (Wildman–Crippen LogP) is 21.6. The van der Waals surface area contributed by atoms with Crippen LogP contribution in [0, 0.1) is 76.8 Å². The lowest BCUT2D eigenvalue weighted by Crippen LogP contribution is -2.59. The Bertz CT molecular complexity index is 1740. The highest BCUT2D eigenvalue weighted by Gasteiger charge is 2.60. The molecule has 482 valence electrons. The second-order valence-corrected chi connectivity index (χ2v) is 39.4. The summed E-state index contributed by atoms with van der Waals surface area (Å²) in [5, 5.41) is 29.2. The molecule has 2 unspecified atom stereocenters. The molecule has 8 saturated carbocycles. The third-order valence-electron chi connectivity index (χ3n) is 23.1. The molecule has 2 aliphatic heterocycles. The van der Waals surface area contributed by atoms with Crippen LogP contribution in [0.25, 0.3) is 0 Å². The molecule has 2 saturated heterocycles. The summed E-state index contributed by atoms with van der Waals surface area (Å²) in [4.78, 5) is 5.27. The van der Waals surface area contributed by atoms with Gasteiger partial charge in [-0.25, -0.2) is 0 Å². The van der Waals surface area contributed by atoms with E-state index in [4.69, 9.17) is 0 Å². The Balaban J connectivity index is 0.000000250. The fraction of sp³-hybridized carbons (Fsp3) is 1.00. The van der Waals surface area contributed by atoms with Gasteiger partial charge in [0, 0.05) is 18.8 Å². The second-order valence-electron chi connectivity index (χ2n) is 39.4. The molecule has 0 radical (unpaired) electrons. The zero-order valence-electron chi connectivity index (χ0n) is 60.1.